The third kappa shape index (κ3) is 3.44. The number of methoxy groups -OCH3 is 1. The minimum atomic E-state index is 0.241. The van der Waals surface area contributed by atoms with E-state index in [4.69, 9.17) is 16.3 Å². The van der Waals surface area contributed by atoms with Gasteiger partial charge in [-0.3, -0.25) is 4.98 Å². The van der Waals surface area contributed by atoms with Crippen LogP contribution in [0.3, 0.4) is 0 Å². The summed E-state index contributed by atoms with van der Waals surface area (Å²) in [5, 5.41) is 4.01. The van der Waals surface area contributed by atoms with Crippen LogP contribution in [0.5, 0.6) is 0 Å². The SMILES string of the molecule is CNC(c1ccncc1Cl)C(C)CCOC. The highest BCUT2D eigenvalue weighted by molar-refractivity contribution is 6.31. The van der Waals surface area contributed by atoms with Crippen molar-refractivity contribution in [2.75, 3.05) is 20.8 Å². The molecule has 0 saturated carbocycles. The van der Waals surface area contributed by atoms with Gasteiger partial charge in [-0.25, -0.2) is 0 Å². The molecule has 1 heterocycles. The lowest BCUT2D eigenvalue weighted by molar-refractivity contribution is 0.171. The highest BCUT2D eigenvalue weighted by Crippen LogP contribution is 2.28. The zero-order valence-electron chi connectivity index (χ0n) is 10.0. The Morgan fingerprint density at radius 2 is 2.31 bits per heavy atom. The van der Waals surface area contributed by atoms with Gasteiger partial charge in [-0.1, -0.05) is 18.5 Å². The largest absolute Gasteiger partial charge is 0.385 e. The van der Waals surface area contributed by atoms with E-state index in [0.29, 0.717) is 10.9 Å². The predicted octanol–water partition coefficient (Wildman–Crippen LogP) is 2.67. The first-order valence-electron chi connectivity index (χ1n) is 5.46. The summed E-state index contributed by atoms with van der Waals surface area (Å²) in [6, 6.07) is 2.21. The summed E-state index contributed by atoms with van der Waals surface area (Å²) in [6.45, 7) is 2.96. The number of ether oxygens (including phenoxy) is 1. The summed E-state index contributed by atoms with van der Waals surface area (Å²) in [4.78, 5) is 4.00. The van der Waals surface area contributed by atoms with Crippen molar-refractivity contribution in [3.05, 3.63) is 29.0 Å². The third-order valence-corrected chi connectivity index (χ3v) is 3.11. The molecule has 3 nitrogen and oxygen atoms in total. The normalized spacial score (nSPS) is 14.8. The second-order valence-electron chi connectivity index (χ2n) is 3.92. The minimum Gasteiger partial charge on any atom is -0.385 e. The fraction of sp³-hybridized carbons (Fsp3) is 0.583. The van der Waals surface area contributed by atoms with E-state index in [1.54, 1.807) is 19.5 Å². The highest BCUT2D eigenvalue weighted by Gasteiger charge is 2.19. The van der Waals surface area contributed by atoms with Gasteiger partial charge in [-0.05, 0) is 31.0 Å². The number of nitrogens with zero attached hydrogens (tertiary/aromatic N) is 1. The lowest BCUT2D eigenvalue weighted by Gasteiger charge is -2.24. The van der Waals surface area contributed by atoms with E-state index < -0.39 is 0 Å². The Hall–Kier alpha value is -0.640. The van der Waals surface area contributed by atoms with Gasteiger partial charge in [0.25, 0.3) is 0 Å². The summed E-state index contributed by atoms with van der Waals surface area (Å²) < 4.78 is 5.10. The highest BCUT2D eigenvalue weighted by atomic mass is 35.5. The molecule has 0 radical (unpaired) electrons. The van der Waals surface area contributed by atoms with Crippen molar-refractivity contribution in [1.29, 1.82) is 0 Å². The molecular weight excluding hydrogens is 224 g/mol. The standard InChI is InChI=1S/C12H19ClN2O/c1-9(5-7-16-3)12(14-2)10-4-6-15-8-11(10)13/h4,6,8-9,12,14H,5,7H2,1-3H3. The lowest BCUT2D eigenvalue weighted by Crippen LogP contribution is -2.24. The van der Waals surface area contributed by atoms with E-state index >= 15 is 0 Å². The maximum absolute atomic E-state index is 6.14. The van der Waals surface area contributed by atoms with E-state index in [-0.39, 0.29) is 6.04 Å². The van der Waals surface area contributed by atoms with Crippen LogP contribution >= 0.6 is 11.6 Å². The number of nitrogens with one attached hydrogen (secondary N) is 1. The molecule has 1 N–H and O–H groups in total. The molecule has 0 aliphatic rings. The Labute approximate surface area is 102 Å². The Balaban J connectivity index is 2.77. The van der Waals surface area contributed by atoms with Gasteiger partial charge in [-0.2, -0.15) is 0 Å². The first-order valence-corrected chi connectivity index (χ1v) is 5.84. The van der Waals surface area contributed by atoms with Crippen molar-refractivity contribution < 1.29 is 4.74 Å². The molecule has 2 unspecified atom stereocenters. The predicted molar refractivity (Wildman–Crippen MR) is 66.7 cm³/mol. The van der Waals surface area contributed by atoms with Crippen LogP contribution in [-0.4, -0.2) is 25.7 Å². The minimum absolute atomic E-state index is 0.241. The molecule has 4 heteroatoms. The van der Waals surface area contributed by atoms with Crippen LogP contribution in [0.15, 0.2) is 18.5 Å². The third-order valence-electron chi connectivity index (χ3n) is 2.80. The van der Waals surface area contributed by atoms with Gasteiger partial charge in [0, 0.05) is 32.2 Å². The molecule has 0 amide bonds. The maximum Gasteiger partial charge on any atom is 0.0637 e. The van der Waals surface area contributed by atoms with Crippen molar-refractivity contribution >= 4 is 11.6 Å². The zero-order valence-corrected chi connectivity index (χ0v) is 10.8. The molecule has 90 valence electrons. The summed E-state index contributed by atoms with van der Waals surface area (Å²) in [5.41, 5.74) is 1.10. The summed E-state index contributed by atoms with van der Waals surface area (Å²) in [6.07, 6.45) is 4.46. The lowest BCUT2D eigenvalue weighted by atomic mass is 9.93. The van der Waals surface area contributed by atoms with Crippen molar-refractivity contribution in [1.82, 2.24) is 10.3 Å². The zero-order chi connectivity index (χ0) is 12.0. The summed E-state index contributed by atoms with van der Waals surface area (Å²) >= 11 is 6.14. The average Bonchev–Trinajstić information content (AvgIpc) is 2.30. The number of rotatable bonds is 6. The molecule has 2 atom stereocenters. The molecule has 0 spiro atoms. The number of aromatic nitrogens is 1. The van der Waals surface area contributed by atoms with Gasteiger partial charge in [0.2, 0.25) is 0 Å². The molecule has 1 rings (SSSR count). The molecular formula is C12H19ClN2O. The molecule has 1 aromatic heterocycles. The Morgan fingerprint density at radius 1 is 1.56 bits per heavy atom. The summed E-state index contributed by atoms with van der Waals surface area (Å²) in [5.74, 6) is 0.463. The molecule has 0 saturated heterocycles. The number of hydrogen-bond acceptors (Lipinski definition) is 3. The number of pyridine rings is 1. The van der Waals surface area contributed by atoms with Crippen LogP contribution < -0.4 is 5.32 Å². The molecule has 0 aliphatic heterocycles. The molecule has 1 aromatic rings. The van der Waals surface area contributed by atoms with E-state index in [9.17, 15) is 0 Å². The van der Waals surface area contributed by atoms with Gasteiger partial charge in [0.05, 0.1) is 5.02 Å². The van der Waals surface area contributed by atoms with Crippen LogP contribution in [-0.2, 0) is 4.74 Å². The fourth-order valence-corrected chi connectivity index (χ4v) is 2.09. The van der Waals surface area contributed by atoms with Crippen LogP contribution in [0.2, 0.25) is 5.02 Å². The quantitative estimate of drug-likeness (QED) is 0.833. The van der Waals surface area contributed by atoms with Gasteiger partial charge in [0.15, 0.2) is 0 Å². The van der Waals surface area contributed by atoms with Crippen LogP contribution in [0.4, 0.5) is 0 Å². The van der Waals surface area contributed by atoms with E-state index in [1.807, 2.05) is 13.1 Å². The Morgan fingerprint density at radius 3 is 2.88 bits per heavy atom. The van der Waals surface area contributed by atoms with Crippen LogP contribution in [0, 0.1) is 5.92 Å². The molecule has 0 fully saturated rings. The van der Waals surface area contributed by atoms with Crippen molar-refractivity contribution in [3.8, 4) is 0 Å². The van der Waals surface area contributed by atoms with Crippen molar-refractivity contribution in [3.63, 3.8) is 0 Å². The topological polar surface area (TPSA) is 34.2 Å². The fourth-order valence-electron chi connectivity index (χ4n) is 1.86. The second kappa shape index (κ2) is 6.84. The van der Waals surface area contributed by atoms with E-state index in [1.165, 1.54) is 0 Å². The van der Waals surface area contributed by atoms with Crippen molar-refractivity contribution in [2.45, 2.75) is 19.4 Å². The monoisotopic (exact) mass is 242 g/mol. The molecule has 16 heavy (non-hydrogen) atoms. The first-order chi connectivity index (χ1) is 7.70. The van der Waals surface area contributed by atoms with Crippen molar-refractivity contribution in [2.24, 2.45) is 5.92 Å². The van der Waals surface area contributed by atoms with Gasteiger partial charge < -0.3 is 10.1 Å². The second-order valence-corrected chi connectivity index (χ2v) is 4.33. The maximum atomic E-state index is 6.14. The van der Waals surface area contributed by atoms with E-state index in [2.05, 4.69) is 17.2 Å². The molecule has 0 bridgehead atoms. The van der Waals surface area contributed by atoms with Crippen LogP contribution in [0.25, 0.3) is 0 Å². The van der Waals surface area contributed by atoms with Crippen LogP contribution in [0.1, 0.15) is 24.9 Å². The Kier molecular flexibility index (Phi) is 5.74. The van der Waals surface area contributed by atoms with Gasteiger partial charge in [0.1, 0.15) is 0 Å². The molecule has 0 aliphatic carbocycles. The summed E-state index contributed by atoms with van der Waals surface area (Å²) in [7, 11) is 3.67. The van der Waals surface area contributed by atoms with Gasteiger partial charge in [-0.15, -0.1) is 0 Å². The number of halogens is 1. The smallest absolute Gasteiger partial charge is 0.0637 e. The average molecular weight is 243 g/mol. The number of hydrogen-bond donors (Lipinski definition) is 1. The molecule has 0 aromatic carbocycles. The van der Waals surface area contributed by atoms with E-state index in [0.717, 1.165) is 18.6 Å². The Bertz CT molecular complexity index is 320. The van der Waals surface area contributed by atoms with Gasteiger partial charge >= 0.3 is 0 Å². The first kappa shape index (κ1) is 13.4.